The number of nitrogens with zero attached hydrogens (tertiary/aromatic N) is 1. The topological polar surface area (TPSA) is 40.9 Å². The number of hydrogen-bond acceptors (Lipinski definition) is 3. The zero-order valence-electron chi connectivity index (χ0n) is 9.67. The van der Waals surface area contributed by atoms with Crippen molar-refractivity contribution in [1.29, 1.82) is 5.26 Å². The first-order chi connectivity index (χ1) is 8.78. The maximum Gasteiger partial charge on any atom is 0.167 e. The Hall–Kier alpha value is -1.92. The van der Waals surface area contributed by atoms with Crippen molar-refractivity contribution < 1.29 is 4.79 Å². The standard InChI is InChI=1S/C15H11NOS/c16-10-15(13-7-4-8-18-13)9-12(15)14(17)11-5-2-1-3-6-11/h1-8,12H,9H2/t12-,15+/m1/s1. The van der Waals surface area contributed by atoms with Crippen molar-refractivity contribution in [3.8, 4) is 6.07 Å². The summed E-state index contributed by atoms with van der Waals surface area (Å²) in [5.74, 6) is -0.0888. The lowest BCUT2D eigenvalue weighted by atomic mass is 9.98. The minimum atomic E-state index is -0.568. The highest BCUT2D eigenvalue weighted by Gasteiger charge is 2.60. The van der Waals surface area contributed by atoms with Gasteiger partial charge in [-0.25, -0.2) is 0 Å². The quantitative estimate of drug-likeness (QED) is 0.786. The lowest BCUT2D eigenvalue weighted by Gasteiger charge is -2.05. The zero-order valence-corrected chi connectivity index (χ0v) is 10.5. The van der Waals surface area contributed by atoms with Gasteiger partial charge in [-0.3, -0.25) is 4.79 Å². The minimum Gasteiger partial charge on any atom is -0.294 e. The van der Waals surface area contributed by atoms with Crippen LogP contribution in [-0.2, 0) is 5.41 Å². The van der Waals surface area contributed by atoms with Crippen LogP contribution in [0.2, 0.25) is 0 Å². The number of carbonyl (C=O) groups is 1. The number of benzene rings is 1. The van der Waals surface area contributed by atoms with Crippen LogP contribution in [0, 0.1) is 17.2 Å². The summed E-state index contributed by atoms with van der Waals surface area (Å²) in [5, 5.41) is 11.4. The van der Waals surface area contributed by atoms with E-state index < -0.39 is 5.41 Å². The number of Topliss-reactive ketones (excluding diaryl/α,β-unsaturated/α-hetero) is 1. The van der Waals surface area contributed by atoms with E-state index in [0.717, 1.165) is 4.88 Å². The molecular formula is C15H11NOS. The minimum absolute atomic E-state index is 0.0885. The molecule has 2 aromatic rings. The maximum absolute atomic E-state index is 12.3. The van der Waals surface area contributed by atoms with Gasteiger partial charge in [0.05, 0.1) is 6.07 Å². The van der Waals surface area contributed by atoms with Crippen LogP contribution in [0.25, 0.3) is 0 Å². The Kier molecular flexibility index (Phi) is 2.53. The van der Waals surface area contributed by atoms with Crippen molar-refractivity contribution in [2.75, 3.05) is 0 Å². The molecule has 1 fully saturated rings. The molecule has 3 heteroatoms. The summed E-state index contributed by atoms with van der Waals surface area (Å²) in [5.41, 5.74) is 0.136. The second-order valence-electron chi connectivity index (χ2n) is 4.55. The second-order valence-corrected chi connectivity index (χ2v) is 5.50. The van der Waals surface area contributed by atoms with Crippen LogP contribution in [-0.4, -0.2) is 5.78 Å². The summed E-state index contributed by atoms with van der Waals surface area (Å²) in [4.78, 5) is 13.3. The zero-order chi connectivity index (χ0) is 12.6. The van der Waals surface area contributed by atoms with Crippen molar-refractivity contribution in [2.24, 2.45) is 5.92 Å². The molecule has 0 amide bonds. The van der Waals surface area contributed by atoms with Gasteiger partial charge < -0.3 is 0 Å². The lowest BCUT2D eigenvalue weighted by Crippen LogP contribution is -2.12. The van der Waals surface area contributed by atoms with Crippen LogP contribution in [0.1, 0.15) is 21.7 Å². The fraction of sp³-hybridized carbons (Fsp3) is 0.200. The van der Waals surface area contributed by atoms with Gasteiger partial charge >= 0.3 is 0 Å². The van der Waals surface area contributed by atoms with E-state index >= 15 is 0 Å². The molecule has 2 nitrogen and oxygen atoms in total. The van der Waals surface area contributed by atoms with E-state index in [1.54, 1.807) is 11.3 Å². The van der Waals surface area contributed by atoms with Gasteiger partial charge in [0.2, 0.25) is 0 Å². The first-order valence-electron chi connectivity index (χ1n) is 5.82. The van der Waals surface area contributed by atoms with E-state index in [9.17, 15) is 10.1 Å². The summed E-state index contributed by atoms with van der Waals surface area (Å²) >= 11 is 1.56. The van der Waals surface area contributed by atoms with Crippen molar-refractivity contribution in [3.05, 3.63) is 58.3 Å². The summed E-state index contributed by atoms with van der Waals surface area (Å²) in [6.45, 7) is 0. The van der Waals surface area contributed by atoms with Gasteiger partial charge in [-0.1, -0.05) is 36.4 Å². The molecule has 3 rings (SSSR count). The van der Waals surface area contributed by atoms with Crippen LogP contribution in [0.3, 0.4) is 0 Å². The number of carbonyl (C=O) groups excluding carboxylic acids is 1. The SMILES string of the molecule is N#C[C@@]1(c2cccs2)C[C@@H]1C(=O)c1ccccc1. The van der Waals surface area contributed by atoms with E-state index in [4.69, 9.17) is 0 Å². The summed E-state index contributed by atoms with van der Waals surface area (Å²) < 4.78 is 0. The number of ketones is 1. The smallest absolute Gasteiger partial charge is 0.167 e. The van der Waals surface area contributed by atoms with Crippen LogP contribution in [0.4, 0.5) is 0 Å². The van der Waals surface area contributed by atoms with Crippen molar-refractivity contribution in [2.45, 2.75) is 11.8 Å². The highest BCUT2D eigenvalue weighted by atomic mass is 32.1. The van der Waals surface area contributed by atoms with Crippen LogP contribution in [0.15, 0.2) is 47.8 Å². The molecule has 0 N–H and O–H groups in total. The highest BCUT2D eigenvalue weighted by molar-refractivity contribution is 7.10. The number of rotatable bonds is 3. The molecular weight excluding hydrogens is 242 g/mol. The van der Waals surface area contributed by atoms with E-state index in [0.29, 0.717) is 12.0 Å². The van der Waals surface area contributed by atoms with Gasteiger partial charge in [-0.15, -0.1) is 11.3 Å². The molecule has 2 atom stereocenters. The fourth-order valence-electron chi connectivity index (χ4n) is 2.37. The first kappa shape index (κ1) is 11.2. The summed E-state index contributed by atoms with van der Waals surface area (Å²) in [6.07, 6.45) is 0.651. The number of nitriles is 1. The molecule has 1 aromatic carbocycles. The summed E-state index contributed by atoms with van der Waals surface area (Å²) in [6, 6.07) is 15.5. The van der Waals surface area contributed by atoms with Gasteiger partial charge in [0, 0.05) is 16.4 Å². The first-order valence-corrected chi connectivity index (χ1v) is 6.70. The Balaban J connectivity index is 1.90. The van der Waals surface area contributed by atoms with Gasteiger partial charge in [-0.2, -0.15) is 5.26 Å². The Labute approximate surface area is 110 Å². The lowest BCUT2D eigenvalue weighted by molar-refractivity contribution is 0.0961. The van der Waals surface area contributed by atoms with E-state index in [-0.39, 0.29) is 11.7 Å². The molecule has 0 spiro atoms. The molecule has 1 aliphatic carbocycles. The Bertz CT molecular complexity index is 612. The van der Waals surface area contributed by atoms with Crippen molar-refractivity contribution >= 4 is 17.1 Å². The predicted molar refractivity (Wildman–Crippen MR) is 70.5 cm³/mol. The average Bonchev–Trinajstić information content (AvgIpc) is 2.92. The Morgan fingerprint density at radius 3 is 2.67 bits per heavy atom. The Morgan fingerprint density at radius 2 is 2.06 bits per heavy atom. The molecule has 0 bridgehead atoms. The van der Waals surface area contributed by atoms with Crippen LogP contribution >= 0.6 is 11.3 Å². The number of hydrogen-bond donors (Lipinski definition) is 0. The third-order valence-corrected chi connectivity index (χ3v) is 4.54. The van der Waals surface area contributed by atoms with Crippen molar-refractivity contribution in [1.82, 2.24) is 0 Å². The van der Waals surface area contributed by atoms with Gasteiger partial charge in [0.1, 0.15) is 5.41 Å². The normalized spacial score (nSPS) is 25.4. The van der Waals surface area contributed by atoms with E-state index in [1.807, 2.05) is 47.8 Å². The monoisotopic (exact) mass is 253 g/mol. The van der Waals surface area contributed by atoms with Crippen molar-refractivity contribution in [3.63, 3.8) is 0 Å². The maximum atomic E-state index is 12.3. The average molecular weight is 253 g/mol. The van der Waals surface area contributed by atoms with Gasteiger partial charge in [0.25, 0.3) is 0 Å². The fourth-order valence-corrected chi connectivity index (χ4v) is 3.31. The molecule has 1 saturated carbocycles. The molecule has 88 valence electrons. The van der Waals surface area contributed by atoms with E-state index in [1.165, 1.54) is 0 Å². The predicted octanol–water partition coefficient (Wildman–Crippen LogP) is 3.41. The molecule has 1 heterocycles. The van der Waals surface area contributed by atoms with Gasteiger partial charge in [0.15, 0.2) is 5.78 Å². The van der Waals surface area contributed by atoms with Gasteiger partial charge in [-0.05, 0) is 17.9 Å². The second kappa shape index (κ2) is 4.08. The van der Waals surface area contributed by atoms with E-state index in [2.05, 4.69) is 6.07 Å². The molecule has 0 unspecified atom stereocenters. The molecule has 18 heavy (non-hydrogen) atoms. The molecule has 0 radical (unpaired) electrons. The largest absolute Gasteiger partial charge is 0.294 e. The molecule has 0 saturated heterocycles. The molecule has 1 aromatic heterocycles. The third-order valence-electron chi connectivity index (χ3n) is 3.50. The summed E-state index contributed by atoms with van der Waals surface area (Å²) in [7, 11) is 0. The van der Waals surface area contributed by atoms with Crippen LogP contribution < -0.4 is 0 Å². The van der Waals surface area contributed by atoms with Crippen LogP contribution in [0.5, 0.6) is 0 Å². The third kappa shape index (κ3) is 1.58. The molecule has 1 aliphatic rings. The highest BCUT2D eigenvalue weighted by Crippen LogP contribution is 2.56. The molecule has 0 aliphatic heterocycles. The number of thiophene rings is 1. The Morgan fingerprint density at radius 1 is 1.28 bits per heavy atom.